The minimum absolute atomic E-state index is 0.0411. The van der Waals surface area contributed by atoms with E-state index in [2.05, 4.69) is 23.0 Å². The predicted octanol–water partition coefficient (Wildman–Crippen LogP) is 2.29. The number of amides is 1. The summed E-state index contributed by atoms with van der Waals surface area (Å²) in [5, 5.41) is 4.87. The minimum Gasteiger partial charge on any atom is -0.593 e. The third-order valence-electron chi connectivity index (χ3n) is 3.26. The topological polar surface area (TPSA) is 64.2 Å². The first-order valence-corrected chi connectivity index (χ1v) is 8.12. The Hall–Kier alpha value is -1.56. The zero-order chi connectivity index (χ0) is 15.2. The fourth-order valence-corrected chi connectivity index (χ4v) is 3.26. The van der Waals surface area contributed by atoms with Gasteiger partial charge in [-0.3, -0.25) is 4.79 Å². The second-order valence-electron chi connectivity index (χ2n) is 4.93. The van der Waals surface area contributed by atoms with Crippen LogP contribution in [0.3, 0.4) is 0 Å². The fourth-order valence-electron chi connectivity index (χ4n) is 2.20. The molecule has 0 aliphatic rings. The van der Waals surface area contributed by atoms with Gasteiger partial charge in [-0.1, -0.05) is 24.3 Å². The average molecular weight is 304 g/mol. The van der Waals surface area contributed by atoms with E-state index in [1.54, 1.807) is 0 Å². The Balaban J connectivity index is 2.01. The zero-order valence-electron chi connectivity index (χ0n) is 12.3. The molecule has 0 radical (unpaired) electrons. The fraction of sp³-hybridized carbons (Fsp3) is 0.312. The van der Waals surface area contributed by atoms with Gasteiger partial charge in [0.1, 0.15) is 0 Å². The summed E-state index contributed by atoms with van der Waals surface area (Å²) in [5.41, 5.74) is 1.18. The molecule has 1 unspecified atom stereocenters. The minimum atomic E-state index is -1.24. The van der Waals surface area contributed by atoms with Gasteiger partial charge in [0.2, 0.25) is 5.91 Å². The average Bonchev–Trinajstić information content (AvgIpc) is 2.46. The standard InChI is InChI=1S/C16H20N2O2S/c1-12-6-3-8-15-14(12)7-4-9-16(15)21(20)18-11-5-10-17-13(2)19/h3-4,6-9,18H,5,10-11H2,1-2H3,(H,17,19). The van der Waals surface area contributed by atoms with Gasteiger partial charge in [-0.25, -0.2) is 0 Å². The highest BCUT2D eigenvalue weighted by Gasteiger charge is 2.15. The van der Waals surface area contributed by atoms with Gasteiger partial charge in [0.05, 0.1) is 11.4 Å². The van der Waals surface area contributed by atoms with Crippen LogP contribution in [0, 0.1) is 6.92 Å². The smallest absolute Gasteiger partial charge is 0.216 e. The molecule has 0 saturated carbocycles. The molecule has 0 fully saturated rings. The van der Waals surface area contributed by atoms with E-state index in [0.29, 0.717) is 13.1 Å². The summed E-state index contributed by atoms with van der Waals surface area (Å²) >= 11 is -1.24. The third kappa shape index (κ3) is 4.20. The van der Waals surface area contributed by atoms with Crippen molar-refractivity contribution >= 4 is 28.0 Å². The molecule has 2 aromatic carbocycles. The monoisotopic (exact) mass is 304 g/mol. The first-order chi connectivity index (χ1) is 10.1. The number of hydrogen-bond acceptors (Lipinski definition) is 3. The number of carbonyl (C=O) groups excluding carboxylic acids is 1. The Bertz CT molecular complexity index is 631. The summed E-state index contributed by atoms with van der Waals surface area (Å²) in [6.07, 6.45) is 0.745. The van der Waals surface area contributed by atoms with Crippen LogP contribution < -0.4 is 10.0 Å². The van der Waals surface area contributed by atoms with Crippen LogP contribution in [0.5, 0.6) is 0 Å². The van der Waals surface area contributed by atoms with Crippen molar-refractivity contribution < 1.29 is 9.35 Å². The summed E-state index contributed by atoms with van der Waals surface area (Å²) in [6, 6.07) is 11.9. The lowest BCUT2D eigenvalue weighted by molar-refractivity contribution is -0.118. The quantitative estimate of drug-likeness (QED) is 0.636. The Kier molecular flexibility index (Phi) is 5.61. The lowest BCUT2D eigenvalue weighted by atomic mass is 10.1. The molecule has 112 valence electrons. The molecule has 0 bridgehead atoms. The van der Waals surface area contributed by atoms with Gasteiger partial charge in [0.25, 0.3) is 0 Å². The normalized spacial score (nSPS) is 12.3. The van der Waals surface area contributed by atoms with Gasteiger partial charge >= 0.3 is 0 Å². The van der Waals surface area contributed by atoms with Gasteiger partial charge in [0, 0.05) is 25.4 Å². The zero-order valence-corrected chi connectivity index (χ0v) is 13.1. The second-order valence-corrected chi connectivity index (χ2v) is 6.19. The third-order valence-corrected chi connectivity index (χ3v) is 4.48. The molecular weight excluding hydrogens is 284 g/mol. The number of aryl methyl sites for hydroxylation is 1. The van der Waals surface area contributed by atoms with E-state index < -0.39 is 11.4 Å². The summed E-state index contributed by atoms with van der Waals surface area (Å²) in [5.74, 6) is -0.0411. The molecule has 0 aliphatic carbocycles. The van der Waals surface area contributed by atoms with Crippen molar-refractivity contribution in [3.63, 3.8) is 0 Å². The van der Waals surface area contributed by atoms with E-state index in [1.165, 1.54) is 12.5 Å². The van der Waals surface area contributed by atoms with Crippen molar-refractivity contribution in [2.45, 2.75) is 25.2 Å². The summed E-state index contributed by atoms with van der Waals surface area (Å²) in [6.45, 7) is 4.73. The molecule has 0 saturated heterocycles. The maximum atomic E-state index is 12.4. The molecule has 0 aromatic heterocycles. The molecule has 5 heteroatoms. The maximum absolute atomic E-state index is 12.4. The van der Waals surface area contributed by atoms with Crippen LogP contribution >= 0.6 is 0 Å². The van der Waals surface area contributed by atoms with E-state index in [1.807, 2.05) is 30.3 Å². The van der Waals surface area contributed by atoms with Crippen LogP contribution in [0.25, 0.3) is 10.8 Å². The molecule has 1 amide bonds. The van der Waals surface area contributed by atoms with Gasteiger partial charge in [-0.15, -0.1) is 4.72 Å². The summed E-state index contributed by atoms with van der Waals surface area (Å²) in [4.78, 5) is 11.6. The van der Waals surface area contributed by atoms with Crippen LogP contribution in [0.2, 0.25) is 0 Å². The second kappa shape index (κ2) is 7.45. The number of benzene rings is 2. The van der Waals surface area contributed by atoms with Crippen LogP contribution in [-0.2, 0) is 16.2 Å². The first-order valence-electron chi connectivity index (χ1n) is 6.97. The largest absolute Gasteiger partial charge is 0.593 e. The van der Waals surface area contributed by atoms with E-state index in [9.17, 15) is 9.35 Å². The van der Waals surface area contributed by atoms with Crippen molar-refractivity contribution in [1.29, 1.82) is 0 Å². The summed E-state index contributed by atoms with van der Waals surface area (Å²) in [7, 11) is 0. The Morgan fingerprint density at radius 3 is 2.62 bits per heavy atom. The number of carbonyl (C=O) groups is 1. The van der Waals surface area contributed by atoms with Crippen molar-refractivity contribution in [2.75, 3.05) is 13.1 Å². The maximum Gasteiger partial charge on any atom is 0.216 e. The predicted molar refractivity (Wildman–Crippen MR) is 86.4 cm³/mol. The Morgan fingerprint density at radius 2 is 1.86 bits per heavy atom. The van der Waals surface area contributed by atoms with Crippen molar-refractivity contribution in [1.82, 2.24) is 10.0 Å². The molecule has 2 N–H and O–H groups in total. The number of fused-ring (bicyclic) bond motifs is 1. The molecular formula is C16H20N2O2S. The molecule has 21 heavy (non-hydrogen) atoms. The van der Waals surface area contributed by atoms with Gasteiger partial charge in [-0.2, -0.15) is 0 Å². The molecule has 2 rings (SSSR count). The van der Waals surface area contributed by atoms with Crippen molar-refractivity contribution in [3.8, 4) is 0 Å². The van der Waals surface area contributed by atoms with Gasteiger partial charge < -0.3 is 9.87 Å². The van der Waals surface area contributed by atoms with Crippen LogP contribution in [0.1, 0.15) is 18.9 Å². The van der Waals surface area contributed by atoms with Crippen molar-refractivity contribution in [2.24, 2.45) is 0 Å². The highest BCUT2D eigenvalue weighted by molar-refractivity contribution is 7.89. The molecule has 1 atom stereocenters. The van der Waals surface area contributed by atoms with Crippen LogP contribution in [0.4, 0.5) is 0 Å². The van der Waals surface area contributed by atoms with Gasteiger partial charge in [0.15, 0.2) is 4.90 Å². The highest BCUT2D eigenvalue weighted by atomic mass is 32.2. The number of rotatable bonds is 6. The molecule has 4 nitrogen and oxygen atoms in total. The van der Waals surface area contributed by atoms with E-state index in [-0.39, 0.29) is 5.91 Å². The number of nitrogens with one attached hydrogen (secondary N) is 2. The lowest BCUT2D eigenvalue weighted by Crippen LogP contribution is -2.29. The van der Waals surface area contributed by atoms with Gasteiger partial charge in [-0.05, 0) is 36.4 Å². The summed E-state index contributed by atoms with van der Waals surface area (Å²) < 4.78 is 15.4. The van der Waals surface area contributed by atoms with E-state index >= 15 is 0 Å². The van der Waals surface area contributed by atoms with Crippen LogP contribution in [0.15, 0.2) is 41.3 Å². The van der Waals surface area contributed by atoms with E-state index in [0.717, 1.165) is 22.1 Å². The van der Waals surface area contributed by atoms with Crippen LogP contribution in [-0.4, -0.2) is 23.5 Å². The molecule has 0 heterocycles. The van der Waals surface area contributed by atoms with Crippen molar-refractivity contribution in [3.05, 3.63) is 42.0 Å². The Morgan fingerprint density at radius 1 is 1.14 bits per heavy atom. The molecule has 0 spiro atoms. The number of hydrogen-bond donors (Lipinski definition) is 2. The first kappa shape index (κ1) is 15.8. The Labute approximate surface area is 128 Å². The lowest BCUT2D eigenvalue weighted by Gasteiger charge is -2.13. The van der Waals surface area contributed by atoms with E-state index in [4.69, 9.17) is 0 Å². The molecule has 0 aliphatic heterocycles. The highest BCUT2D eigenvalue weighted by Crippen LogP contribution is 2.25. The molecule has 2 aromatic rings. The SMILES string of the molecule is CC(=O)NCCCN[S+]([O-])c1cccc2c(C)cccc12.